The number of nitrogens with zero attached hydrogens (tertiary/aromatic N) is 1. The number of likely N-dealkylation sites (tertiary alicyclic amines) is 1. The van der Waals surface area contributed by atoms with E-state index in [2.05, 4.69) is 0 Å². The summed E-state index contributed by atoms with van der Waals surface area (Å²) in [6.07, 6.45) is 1.27. The summed E-state index contributed by atoms with van der Waals surface area (Å²) < 4.78 is -0.659. The number of carbonyl (C=O) groups excluding carboxylic acids is 1. The molecule has 1 aliphatic rings. The van der Waals surface area contributed by atoms with Crippen molar-refractivity contribution in [3.8, 4) is 0 Å². The molecule has 16 heavy (non-hydrogen) atoms. The van der Waals surface area contributed by atoms with E-state index in [9.17, 15) is 4.79 Å². The highest BCUT2D eigenvalue weighted by Gasteiger charge is 2.32. The molecule has 1 aromatic carbocycles. The summed E-state index contributed by atoms with van der Waals surface area (Å²) in [7, 11) is 0. The minimum absolute atomic E-state index is 0.0597. The quantitative estimate of drug-likeness (QED) is 0.709. The Bertz CT molecular complexity index is 368. The maximum atomic E-state index is 12.1. The average molecular weight is 258 g/mol. The van der Waals surface area contributed by atoms with E-state index in [1.165, 1.54) is 0 Å². The van der Waals surface area contributed by atoms with Gasteiger partial charge in [0.15, 0.2) is 0 Å². The average Bonchev–Trinajstić information content (AvgIpc) is 2.29. The molecule has 1 aromatic rings. The zero-order chi connectivity index (χ0) is 11.6. The van der Waals surface area contributed by atoms with Crippen LogP contribution >= 0.6 is 23.2 Å². The fourth-order valence-electron chi connectivity index (χ4n) is 1.80. The van der Waals surface area contributed by atoms with Gasteiger partial charge in [-0.15, -0.1) is 23.2 Å². The molecular formula is C12H13Cl2NO. The maximum Gasteiger partial charge on any atom is 0.253 e. The molecule has 0 bridgehead atoms. The summed E-state index contributed by atoms with van der Waals surface area (Å²) in [5, 5.41) is 0. The Hall–Kier alpha value is -0.730. The maximum absolute atomic E-state index is 12.1. The molecule has 0 aromatic heterocycles. The number of halogens is 2. The molecule has 1 amide bonds. The molecule has 4 heteroatoms. The fraction of sp³-hybridized carbons (Fsp3) is 0.417. The molecular weight excluding hydrogens is 245 g/mol. The van der Waals surface area contributed by atoms with Gasteiger partial charge in [0.1, 0.15) is 4.33 Å². The van der Waals surface area contributed by atoms with Crippen molar-refractivity contribution >= 4 is 29.1 Å². The minimum atomic E-state index is -0.659. The molecule has 0 unspecified atom stereocenters. The van der Waals surface area contributed by atoms with Gasteiger partial charge in [0.05, 0.1) is 0 Å². The Labute approximate surface area is 105 Å². The Morgan fingerprint density at radius 2 is 1.69 bits per heavy atom. The first-order valence-corrected chi connectivity index (χ1v) is 6.06. The molecule has 1 fully saturated rings. The van der Waals surface area contributed by atoms with Gasteiger partial charge >= 0.3 is 0 Å². The first kappa shape index (κ1) is 11.7. The van der Waals surface area contributed by atoms with Gasteiger partial charge in [-0.3, -0.25) is 4.79 Å². The minimum Gasteiger partial charge on any atom is -0.338 e. The molecule has 2 nitrogen and oxygen atoms in total. The molecule has 1 heterocycles. The number of rotatable bonds is 1. The third-order valence-corrected chi connectivity index (χ3v) is 3.56. The van der Waals surface area contributed by atoms with E-state index >= 15 is 0 Å². The van der Waals surface area contributed by atoms with Gasteiger partial charge in [-0.2, -0.15) is 0 Å². The summed E-state index contributed by atoms with van der Waals surface area (Å²) in [6, 6.07) is 9.28. The first-order chi connectivity index (χ1) is 7.58. The van der Waals surface area contributed by atoms with Gasteiger partial charge in [-0.05, 0) is 25.0 Å². The lowest BCUT2D eigenvalue weighted by Crippen LogP contribution is -2.41. The number of amides is 1. The zero-order valence-corrected chi connectivity index (χ0v) is 10.3. The monoisotopic (exact) mass is 257 g/mol. The highest BCUT2D eigenvalue weighted by Crippen LogP contribution is 2.33. The lowest BCUT2D eigenvalue weighted by Gasteiger charge is -2.33. The Morgan fingerprint density at radius 3 is 2.25 bits per heavy atom. The number of piperidine rings is 1. The number of alkyl halides is 2. The lowest BCUT2D eigenvalue weighted by atomic mass is 10.1. The molecule has 86 valence electrons. The van der Waals surface area contributed by atoms with Crippen molar-refractivity contribution < 1.29 is 4.79 Å². The molecule has 2 rings (SSSR count). The molecule has 0 aliphatic carbocycles. The second-order valence-corrected chi connectivity index (χ2v) is 5.65. The molecule has 0 radical (unpaired) electrons. The van der Waals surface area contributed by atoms with Crippen LogP contribution in [0.2, 0.25) is 0 Å². The molecule has 0 N–H and O–H groups in total. The normalized spacial score (nSPS) is 19.5. The van der Waals surface area contributed by atoms with Crippen LogP contribution in [-0.2, 0) is 0 Å². The molecule has 0 saturated carbocycles. The van der Waals surface area contributed by atoms with Crippen LogP contribution in [0.25, 0.3) is 0 Å². The Balaban J connectivity index is 2.03. The number of hydrogen-bond acceptors (Lipinski definition) is 1. The zero-order valence-electron chi connectivity index (χ0n) is 8.83. The van der Waals surface area contributed by atoms with Crippen LogP contribution in [0.4, 0.5) is 0 Å². The van der Waals surface area contributed by atoms with Gasteiger partial charge in [-0.25, -0.2) is 0 Å². The van der Waals surface area contributed by atoms with Crippen molar-refractivity contribution in [3.63, 3.8) is 0 Å². The van der Waals surface area contributed by atoms with Gasteiger partial charge < -0.3 is 4.90 Å². The summed E-state index contributed by atoms with van der Waals surface area (Å²) in [4.78, 5) is 13.9. The number of benzene rings is 1. The van der Waals surface area contributed by atoms with E-state index < -0.39 is 4.33 Å². The summed E-state index contributed by atoms with van der Waals surface area (Å²) >= 11 is 12.0. The fourth-order valence-corrected chi connectivity index (χ4v) is 2.14. The van der Waals surface area contributed by atoms with E-state index in [0.717, 1.165) is 5.56 Å². The van der Waals surface area contributed by atoms with Crippen molar-refractivity contribution in [1.82, 2.24) is 4.90 Å². The van der Waals surface area contributed by atoms with Crippen molar-refractivity contribution in [3.05, 3.63) is 35.9 Å². The first-order valence-electron chi connectivity index (χ1n) is 5.31. The second-order valence-electron chi connectivity index (χ2n) is 4.01. The smallest absolute Gasteiger partial charge is 0.253 e. The number of carbonyl (C=O) groups is 1. The van der Waals surface area contributed by atoms with E-state index in [-0.39, 0.29) is 5.91 Å². The second kappa shape index (κ2) is 4.64. The van der Waals surface area contributed by atoms with Crippen molar-refractivity contribution in [1.29, 1.82) is 0 Å². The third kappa shape index (κ3) is 2.69. The number of hydrogen-bond donors (Lipinski definition) is 0. The SMILES string of the molecule is O=C(c1ccccc1)N1CCC(Cl)(Cl)CC1. The molecule has 1 aliphatic heterocycles. The lowest BCUT2D eigenvalue weighted by molar-refractivity contribution is 0.0720. The molecule has 1 saturated heterocycles. The van der Waals surface area contributed by atoms with Crippen LogP contribution in [0, 0.1) is 0 Å². The summed E-state index contributed by atoms with van der Waals surface area (Å²) in [5.41, 5.74) is 0.721. The van der Waals surface area contributed by atoms with Crippen molar-refractivity contribution in [2.24, 2.45) is 0 Å². The van der Waals surface area contributed by atoms with Crippen molar-refractivity contribution in [2.75, 3.05) is 13.1 Å². The highest BCUT2D eigenvalue weighted by atomic mass is 35.5. The van der Waals surface area contributed by atoms with Crippen LogP contribution in [-0.4, -0.2) is 28.2 Å². The van der Waals surface area contributed by atoms with E-state index in [4.69, 9.17) is 23.2 Å². The van der Waals surface area contributed by atoms with E-state index in [1.807, 2.05) is 30.3 Å². The predicted molar refractivity (Wildman–Crippen MR) is 66.0 cm³/mol. The predicted octanol–water partition coefficient (Wildman–Crippen LogP) is 3.10. The summed E-state index contributed by atoms with van der Waals surface area (Å²) in [6.45, 7) is 1.25. The third-order valence-electron chi connectivity index (χ3n) is 2.80. The van der Waals surface area contributed by atoms with Crippen LogP contribution in [0.5, 0.6) is 0 Å². The van der Waals surface area contributed by atoms with Gasteiger partial charge in [0.2, 0.25) is 0 Å². The Morgan fingerprint density at radius 1 is 1.12 bits per heavy atom. The van der Waals surface area contributed by atoms with Gasteiger partial charge in [0.25, 0.3) is 5.91 Å². The van der Waals surface area contributed by atoms with Crippen LogP contribution < -0.4 is 0 Å². The summed E-state index contributed by atoms with van der Waals surface area (Å²) in [5.74, 6) is 0.0597. The van der Waals surface area contributed by atoms with Crippen LogP contribution in [0.1, 0.15) is 23.2 Å². The Kier molecular flexibility index (Phi) is 3.41. The molecule has 0 atom stereocenters. The van der Waals surface area contributed by atoms with Crippen molar-refractivity contribution in [2.45, 2.75) is 17.2 Å². The van der Waals surface area contributed by atoms with Crippen LogP contribution in [0.15, 0.2) is 30.3 Å². The van der Waals surface area contributed by atoms with Gasteiger partial charge in [-0.1, -0.05) is 18.2 Å². The molecule has 0 spiro atoms. The van der Waals surface area contributed by atoms with Crippen LogP contribution in [0.3, 0.4) is 0 Å². The van der Waals surface area contributed by atoms with E-state index in [1.54, 1.807) is 4.90 Å². The largest absolute Gasteiger partial charge is 0.338 e. The topological polar surface area (TPSA) is 20.3 Å². The highest BCUT2D eigenvalue weighted by molar-refractivity contribution is 6.48. The standard InChI is InChI=1S/C12H13Cl2NO/c13-12(14)6-8-15(9-7-12)11(16)10-4-2-1-3-5-10/h1-5H,6-9H2. The van der Waals surface area contributed by atoms with Gasteiger partial charge in [0, 0.05) is 18.7 Å². The van der Waals surface area contributed by atoms with E-state index in [0.29, 0.717) is 25.9 Å².